The summed E-state index contributed by atoms with van der Waals surface area (Å²) in [6.07, 6.45) is 8.49. The predicted octanol–water partition coefficient (Wildman–Crippen LogP) is 3.48. The molecule has 7 unspecified atom stereocenters. The summed E-state index contributed by atoms with van der Waals surface area (Å²) in [5.74, 6) is 1.54. The first kappa shape index (κ1) is 17.7. The van der Waals surface area contributed by atoms with Crippen molar-refractivity contribution in [2.24, 2.45) is 34.0 Å². The third-order valence-electron chi connectivity index (χ3n) is 10.6. The van der Waals surface area contributed by atoms with Gasteiger partial charge in [0.2, 0.25) is 0 Å². The van der Waals surface area contributed by atoms with E-state index in [9.17, 15) is 4.79 Å². The van der Waals surface area contributed by atoms with Crippen LogP contribution in [0.25, 0.3) is 0 Å². The Labute approximate surface area is 173 Å². The molecule has 158 valence electrons. The van der Waals surface area contributed by atoms with Crippen LogP contribution < -0.4 is 0 Å². The van der Waals surface area contributed by atoms with Crippen molar-refractivity contribution >= 4 is 5.97 Å². The monoisotopic (exact) mass is 399 g/mol. The summed E-state index contributed by atoms with van der Waals surface area (Å²) < 4.78 is 19.6. The highest BCUT2D eigenvalue weighted by molar-refractivity contribution is 5.66. The molecule has 2 spiro atoms. The lowest BCUT2D eigenvalue weighted by atomic mass is 9.32. The number of ether oxygens (including phenoxy) is 3. The van der Waals surface area contributed by atoms with Gasteiger partial charge in [0.25, 0.3) is 0 Å². The van der Waals surface area contributed by atoms with E-state index in [-0.39, 0.29) is 46.9 Å². The number of nitrogens with zero attached hydrogens (tertiary/aromatic N) is 1. The quantitative estimate of drug-likeness (QED) is 0.499. The van der Waals surface area contributed by atoms with Crippen LogP contribution in [0.3, 0.4) is 0 Å². The standard InChI is InChI=1S/C24H33NO4/c1-13-12-23-8-5-15(13)11-16(23)24-7-4-6-22(3)18(24)17(28-14(2)26)19(23)29-21(24)25-9-10-27-20(22)25/h15-21H,1,4-12H2,2-3H3/t15?,16?,17?,18?,19?,20?,21?,22-,23-,24-/m1/s1. The Balaban J connectivity index is 1.47. The smallest absolute Gasteiger partial charge is 0.303 e. The Kier molecular flexibility index (Phi) is 3.23. The molecule has 0 aromatic rings. The molecule has 9 aliphatic rings. The summed E-state index contributed by atoms with van der Waals surface area (Å²) in [5, 5.41) is 0. The fraction of sp³-hybridized carbons (Fsp3) is 0.875. The van der Waals surface area contributed by atoms with Crippen molar-refractivity contribution < 1.29 is 19.0 Å². The number of hydrogen-bond acceptors (Lipinski definition) is 5. The van der Waals surface area contributed by atoms with Crippen LogP contribution in [0, 0.1) is 34.0 Å². The van der Waals surface area contributed by atoms with Gasteiger partial charge in [-0.25, -0.2) is 4.90 Å². The van der Waals surface area contributed by atoms with E-state index >= 15 is 0 Å². The summed E-state index contributed by atoms with van der Waals surface area (Å²) in [7, 11) is 0. The number of piperidine rings is 1. The summed E-state index contributed by atoms with van der Waals surface area (Å²) in [5.41, 5.74) is 1.66. The van der Waals surface area contributed by atoms with Crippen molar-refractivity contribution in [1.29, 1.82) is 0 Å². The van der Waals surface area contributed by atoms with E-state index in [2.05, 4.69) is 18.4 Å². The minimum Gasteiger partial charge on any atom is -0.459 e. The molecule has 10 atom stereocenters. The average Bonchev–Trinajstić information content (AvgIpc) is 3.17. The third-order valence-corrected chi connectivity index (χ3v) is 10.6. The number of carbonyl (C=O) groups excluding carboxylic acids is 1. The number of carbonyl (C=O) groups is 1. The number of esters is 1. The van der Waals surface area contributed by atoms with Crippen LogP contribution in [0.1, 0.15) is 58.8 Å². The second kappa shape index (κ2) is 5.28. The zero-order valence-corrected chi connectivity index (χ0v) is 17.7. The molecule has 5 heteroatoms. The van der Waals surface area contributed by atoms with Crippen molar-refractivity contribution in [2.75, 3.05) is 13.2 Å². The van der Waals surface area contributed by atoms with Crippen molar-refractivity contribution in [3.8, 4) is 0 Å². The van der Waals surface area contributed by atoms with Crippen LogP contribution >= 0.6 is 0 Å². The van der Waals surface area contributed by atoms with Gasteiger partial charge in [-0.1, -0.05) is 25.5 Å². The molecule has 0 amide bonds. The molecule has 0 aromatic heterocycles. The van der Waals surface area contributed by atoms with Crippen LogP contribution in [-0.2, 0) is 19.0 Å². The van der Waals surface area contributed by atoms with Gasteiger partial charge >= 0.3 is 5.97 Å². The molecule has 5 nitrogen and oxygen atoms in total. The zero-order valence-electron chi connectivity index (χ0n) is 17.7. The van der Waals surface area contributed by atoms with Gasteiger partial charge in [-0.05, 0) is 50.4 Å². The largest absolute Gasteiger partial charge is 0.459 e. The lowest BCUT2D eigenvalue weighted by Crippen LogP contribution is -2.85. The molecule has 0 N–H and O–H groups in total. The lowest BCUT2D eigenvalue weighted by molar-refractivity contribution is -0.438. The van der Waals surface area contributed by atoms with Gasteiger partial charge in [-0.3, -0.25) is 4.79 Å². The Hall–Kier alpha value is -0.910. The van der Waals surface area contributed by atoms with Crippen LogP contribution in [0.15, 0.2) is 12.2 Å². The lowest BCUT2D eigenvalue weighted by Gasteiger charge is -2.80. The summed E-state index contributed by atoms with van der Waals surface area (Å²) >= 11 is 0. The minimum absolute atomic E-state index is 0.00486. The Bertz CT molecular complexity index is 813. The highest BCUT2D eigenvalue weighted by Gasteiger charge is 2.82. The number of rotatable bonds is 1. The molecule has 9 fully saturated rings. The fourth-order valence-corrected chi connectivity index (χ4v) is 10.1. The van der Waals surface area contributed by atoms with Crippen LogP contribution in [0.5, 0.6) is 0 Å². The average molecular weight is 400 g/mol. The highest BCUT2D eigenvalue weighted by atomic mass is 16.6. The van der Waals surface area contributed by atoms with Gasteiger partial charge in [0.1, 0.15) is 24.7 Å². The van der Waals surface area contributed by atoms with Crippen molar-refractivity contribution in [3.63, 3.8) is 0 Å². The highest BCUT2D eigenvalue weighted by Crippen LogP contribution is 2.79. The predicted molar refractivity (Wildman–Crippen MR) is 106 cm³/mol. The molecule has 4 aliphatic heterocycles. The first-order chi connectivity index (χ1) is 13.9. The van der Waals surface area contributed by atoms with Crippen LogP contribution in [0.4, 0.5) is 0 Å². The van der Waals surface area contributed by atoms with E-state index in [0.29, 0.717) is 17.8 Å². The first-order valence-electron chi connectivity index (χ1n) is 11.8. The summed E-state index contributed by atoms with van der Waals surface area (Å²) in [4.78, 5) is 14.9. The summed E-state index contributed by atoms with van der Waals surface area (Å²) in [6, 6.07) is 0. The van der Waals surface area contributed by atoms with E-state index in [1.807, 2.05) is 0 Å². The van der Waals surface area contributed by atoms with E-state index in [4.69, 9.17) is 14.2 Å². The Morgan fingerprint density at radius 1 is 1.28 bits per heavy atom. The maximum absolute atomic E-state index is 12.3. The van der Waals surface area contributed by atoms with Crippen LogP contribution in [0.2, 0.25) is 0 Å². The first-order valence-corrected chi connectivity index (χ1v) is 11.8. The van der Waals surface area contributed by atoms with E-state index < -0.39 is 0 Å². The normalized spacial score (nSPS) is 59.4. The maximum Gasteiger partial charge on any atom is 0.303 e. The van der Waals surface area contributed by atoms with E-state index in [1.165, 1.54) is 37.7 Å². The molecule has 9 rings (SSSR count). The van der Waals surface area contributed by atoms with Crippen molar-refractivity contribution in [2.45, 2.75) is 83.5 Å². The van der Waals surface area contributed by atoms with Gasteiger partial charge in [-0.2, -0.15) is 0 Å². The van der Waals surface area contributed by atoms with Gasteiger partial charge < -0.3 is 14.2 Å². The molecular weight excluding hydrogens is 366 g/mol. The Morgan fingerprint density at radius 3 is 2.93 bits per heavy atom. The Morgan fingerprint density at radius 2 is 2.14 bits per heavy atom. The molecule has 0 aromatic carbocycles. The molecule has 4 saturated heterocycles. The van der Waals surface area contributed by atoms with Gasteiger partial charge in [-0.15, -0.1) is 0 Å². The molecule has 5 saturated carbocycles. The molecular formula is C24H33NO4. The topological polar surface area (TPSA) is 48.0 Å². The van der Waals surface area contributed by atoms with Gasteiger partial charge in [0.05, 0.1) is 6.61 Å². The minimum atomic E-state index is -0.160. The number of allylic oxidation sites excluding steroid dienone is 1. The van der Waals surface area contributed by atoms with E-state index in [1.54, 1.807) is 6.92 Å². The van der Waals surface area contributed by atoms with Gasteiger partial charge in [0, 0.05) is 35.6 Å². The second-order valence-corrected chi connectivity index (χ2v) is 11.5. The van der Waals surface area contributed by atoms with E-state index in [0.717, 1.165) is 26.0 Å². The van der Waals surface area contributed by atoms with Gasteiger partial charge in [0.15, 0.2) is 0 Å². The second-order valence-electron chi connectivity index (χ2n) is 11.5. The molecule has 29 heavy (non-hydrogen) atoms. The zero-order chi connectivity index (χ0) is 19.8. The third kappa shape index (κ3) is 1.77. The molecule has 7 bridgehead atoms. The molecule has 5 aliphatic carbocycles. The molecule has 0 radical (unpaired) electrons. The van der Waals surface area contributed by atoms with Crippen molar-refractivity contribution in [1.82, 2.24) is 4.90 Å². The van der Waals surface area contributed by atoms with Crippen LogP contribution in [-0.4, -0.2) is 48.7 Å². The number of fused-ring (bicyclic) bond motifs is 4. The SMILES string of the molecule is C=C1C[C@]23CCC1CC2[C@@]12CCC[C@@]4(C)C5OCCN5C1OC3C(OC(C)=O)C42. The maximum atomic E-state index is 12.3. The molecule has 4 heterocycles. The fourth-order valence-electron chi connectivity index (χ4n) is 10.1. The summed E-state index contributed by atoms with van der Waals surface area (Å²) in [6.45, 7) is 10.2. The van der Waals surface area contributed by atoms with Crippen molar-refractivity contribution in [3.05, 3.63) is 12.2 Å². The number of hydrogen-bond donors (Lipinski definition) is 0.